The highest BCUT2D eigenvalue weighted by atomic mass is 15.0. The van der Waals surface area contributed by atoms with Crippen molar-refractivity contribution >= 4 is 22.3 Å². The topological polar surface area (TPSA) is 57.4 Å². The van der Waals surface area contributed by atoms with Crippen LogP contribution >= 0.6 is 0 Å². The van der Waals surface area contributed by atoms with Gasteiger partial charge in [-0.15, -0.1) is 0 Å². The zero-order chi connectivity index (χ0) is 8.84. The highest BCUT2D eigenvalue weighted by molar-refractivity contribution is 5.83. The van der Waals surface area contributed by atoms with Crippen molar-refractivity contribution in [2.24, 2.45) is 0 Å². The molecule has 0 fully saturated rings. The van der Waals surface area contributed by atoms with E-state index in [9.17, 15) is 0 Å². The monoisotopic (exact) mass is 172 g/mol. The molecule has 3 heterocycles. The molecule has 0 atom stereocenters. The van der Waals surface area contributed by atoms with Crippen LogP contribution in [0, 0.1) is 6.92 Å². The molecule has 0 spiro atoms. The molecule has 0 radical (unpaired) electrons. The van der Waals surface area contributed by atoms with E-state index in [1.165, 1.54) is 0 Å². The van der Waals surface area contributed by atoms with Crippen LogP contribution < -0.4 is 0 Å². The van der Waals surface area contributed by atoms with Crippen LogP contribution in [0.1, 0.15) is 5.69 Å². The van der Waals surface area contributed by atoms with Gasteiger partial charge in [0.2, 0.25) is 0 Å². The number of aryl methyl sites for hydroxylation is 1. The maximum absolute atomic E-state index is 4.43. The molecule has 0 aliphatic carbocycles. The maximum Gasteiger partial charge on any atom is 0.158 e. The summed E-state index contributed by atoms with van der Waals surface area (Å²) >= 11 is 0. The van der Waals surface area contributed by atoms with E-state index < -0.39 is 0 Å². The molecule has 13 heavy (non-hydrogen) atoms. The summed E-state index contributed by atoms with van der Waals surface area (Å²) in [5.74, 6) is 0. The summed E-state index contributed by atoms with van der Waals surface area (Å²) in [6.07, 6.45) is 1.84. The van der Waals surface area contributed by atoms with Crippen molar-refractivity contribution in [2.45, 2.75) is 6.92 Å². The quantitative estimate of drug-likeness (QED) is 0.542. The largest absolute Gasteiger partial charge is 0.345 e. The minimum absolute atomic E-state index is 0.828. The van der Waals surface area contributed by atoms with Crippen LogP contribution in [0.25, 0.3) is 22.3 Å². The summed E-state index contributed by atoms with van der Waals surface area (Å²) in [5.41, 5.74) is 4.58. The Morgan fingerprint density at radius 3 is 3.00 bits per heavy atom. The lowest BCUT2D eigenvalue weighted by molar-refractivity contribution is 1.25. The smallest absolute Gasteiger partial charge is 0.158 e. The number of hydrogen-bond acceptors (Lipinski definition) is 2. The summed E-state index contributed by atoms with van der Waals surface area (Å²) in [6.45, 7) is 2.00. The minimum atomic E-state index is 0.828. The Bertz CT molecular complexity index is 527. The van der Waals surface area contributed by atoms with Gasteiger partial charge in [0.25, 0.3) is 0 Å². The highest BCUT2D eigenvalue weighted by Crippen LogP contribution is 2.14. The first kappa shape index (κ1) is 6.65. The van der Waals surface area contributed by atoms with Gasteiger partial charge in [-0.1, -0.05) is 0 Å². The van der Waals surface area contributed by atoms with Crippen LogP contribution in [0.15, 0.2) is 18.3 Å². The van der Waals surface area contributed by atoms with Crippen molar-refractivity contribution in [1.82, 2.24) is 19.9 Å². The molecule has 0 unspecified atom stereocenters. The number of aromatic amines is 2. The Labute approximate surface area is 74.0 Å². The van der Waals surface area contributed by atoms with E-state index in [-0.39, 0.29) is 0 Å². The van der Waals surface area contributed by atoms with Crippen molar-refractivity contribution in [1.29, 1.82) is 0 Å². The van der Waals surface area contributed by atoms with Gasteiger partial charge in [-0.3, -0.25) is 0 Å². The molecule has 0 aliphatic rings. The fourth-order valence-electron chi connectivity index (χ4n) is 1.50. The second kappa shape index (κ2) is 2.10. The van der Waals surface area contributed by atoms with Crippen molar-refractivity contribution in [3.05, 3.63) is 24.0 Å². The van der Waals surface area contributed by atoms with E-state index in [1.54, 1.807) is 0 Å². The minimum Gasteiger partial charge on any atom is -0.345 e. The molecule has 3 rings (SSSR count). The molecule has 2 N–H and O–H groups in total. The Balaban J connectivity index is 2.54. The number of nitrogens with zero attached hydrogens (tertiary/aromatic N) is 2. The van der Waals surface area contributed by atoms with Crippen LogP contribution in [0.2, 0.25) is 0 Å². The second-order valence-electron chi connectivity index (χ2n) is 3.12. The fourth-order valence-corrected chi connectivity index (χ4v) is 1.50. The fraction of sp³-hybridized carbons (Fsp3) is 0.111. The lowest BCUT2D eigenvalue weighted by atomic mass is 10.4. The van der Waals surface area contributed by atoms with E-state index in [2.05, 4.69) is 19.9 Å². The first-order valence-corrected chi connectivity index (χ1v) is 4.13. The second-order valence-corrected chi connectivity index (χ2v) is 3.12. The number of aromatic nitrogens is 4. The van der Waals surface area contributed by atoms with Gasteiger partial charge in [0.15, 0.2) is 11.3 Å². The molecule has 3 aromatic rings. The predicted molar refractivity (Wildman–Crippen MR) is 50.5 cm³/mol. The molecule has 0 saturated carbocycles. The van der Waals surface area contributed by atoms with Crippen molar-refractivity contribution in [3.63, 3.8) is 0 Å². The summed E-state index contributed by atoms with van der Waals surface area (Å²) in [4.78, 5) is 15.0. The summed E-state index contributed by atoms with van der Waals surface area (Å²) < 4.78 is 0. The Morgan fingerprint density at radius 2 is 2.08 bits per heavy atom. The Kier molecular flexibility index (Phi) is 1.07. The van der Waals surface area contributed by atoms with E-state index >= 15 is 0 Å². The zero-order valence-electron chi connectivity index (χ0n) is 7.13. The summed E-state index contributed by atoms with van der Waals surface area (Å²) in [7, 11) is 0. The third-order valence-electron chi connectivity index (χ3n) is 2.08. The molecule has 3 aromatic heterocycles. The van der Waals surface area contributed by atoms with Crippen LogP contribution in [-0.2, 0) is 0 Å². The van der Waals surface area contributed by atoms with Crippen LogP contribution in [0.4, 0.5) is 0 Å². The van der Waals surface area contributed by atoms with Gasteiger partial charge in [-0.2, -0.15) is 0 Å². The summed E-state index contributed by atoms with van der Waals surface area (Å²) in [6, 6.07) is 3.92. The molecule has 0 amide bonds. The lowest BCUT2D eigenvalue weighted by Crippen LogP contribution is -1.82. The van der Waals surface area contributed by atoms with Gasteiger partial charge < -0.3 is 9.97 Å². The maximum atomic E-state index is 4.43. The standard InChI is InChI=1S/C9H8N4/c1-5-4-7-9(11-5)13-8-6(12-7)2-3-10-8/h2-4H,1H3,(H2,10,11,13). The van der Waals surface area contributed by atoms with Crippen LogP contribution in [0.3, 0.4) is 0 Å². The van der Waals surface area contributed by atoms with E-state index in [0.717, 1.165) is 28.0 Å². The number of H-pyrrole nitrogens is 2. The third kappa shape index (κ3) is 0.853. The average Bonchev–Trinajstić information content (AvgIpc) is 2.63. The SMILES string of the molecule is Cc1cc2nc3cc[nH]c3nc2[nH]1. The van der Waals surface area contributed by atoms with E-state index in [0.29, 0.717) is 0 Å². The number of hydrogen-bond donors (Lipinski definition) is 2. The molecule has 64 valence electrons. The normalized spacial score (nSPS) is 11.5. The molecule has 4 heteroatoms. The first-order chi connectivity index (χ1) is 6.33. The van der Waals surface area contributed by atoms with Crippen molar-refractivity contribution in [3.8, 4) is 0 Å². The number of rotatable bonds is 0. The van der Waals surface area contributed by atoms with Crippen LogP contribution in [-0.4, -0.2) is 19.9 Å². The average molecular weight is 172 g/mol. The highest BCUT2D eigenvalue weighted by Gasteiger charge is 2.03. The van der Waals surface area contributed by atoms with Crippen molar-refractivity contribution < 1.29 is 0 Å². The molecule has 4 nitrogen and oxygen atoms in total. The summed E-state index contributed by atoms with van der Waals surface area (Å²) in [5, 5.41) is 0. The molecular weight excluding hydrogens is 164 g/mol. The number of nitrogens with one attached hydrogen (secondary N) is 2. The van der Waals surface area contributed by atoms with Gasteiger partial charge in [0.1, 0.15) is 11.0 Å². The van der Waals surface area contributed by atoms with E-state index in [4.69, 9.17) is 0 Å². The van der Waals surface area contributed by atoms with Gasteiger partial charge in [0, 0.05) is 11.9 Å². The molecule has 0 saturated heterocycles. The van der Waals surface area contributed by atoms with E-state index in [1.807, 2.05) is 25.3 Å². The molecule has 0 aliphatic heterocycles. The molecular formula is C9H8N4. The Morgan fingerprint density at radius 1 is 1.15 bits per heavy atom. The van der Waals surface area contributed by atoms with Gasteiger partial charge in [0.05, 0.1) is 0 Å². The van der Waals surface area contributed by atoms with Gasteiger partial charge in [-0.05, 0) is 19.1 Å². The van der Waals surface area contributed by atoms with Crippen LogP contribution in [0.5, 0.6) is 0 Å². The third-order valence-corrected chi connectivity index (χ3v) is 2.08. The Hall–Kier alpha value is -1.84. The van der Waals surface area contributed by atoms with Gasteiger partial charge in [-0.25, -0.2) is 9.97 Å². The number of fused-ring (bicyclic) bond motifs is 2. The first-order valence-electron chi connectivity index (χ1n) is 4.13. The van der Waals surface area contributed by atoms with Gasteiger partial charge >= 0.3 is 0 Å². The molecule has 0 aromatic carbocycles. The zero-order valence-corrected chi connectivity index (χ0v) is 7.13. The predicted octanol–water partition coefficient (Wildman–Crippen LogP) is 1.75. The molecule has 0 bridgehead atoms. The van der Waals surface area contributed by atoms with Crippen molar-refractivity contribution in [2.75, 3.05) is 0 Å². The lowest BCUT2D eigenvalue weighted by Gasteiger charge is -1.88.